The molecule has 2 heterocycles. The van der Waals surface area contributed by atoms with Gasteiger partial charge in [-0.15, -0.1) is 11.3 Å². The zero-order valence-corrected chi connectivity index (χ0v) is 12.2. The largest absolute Gasteiger partial charge is 0.355 e. The Morgan fingerprint density at radius 1 is 1.28 bits per heavy atom. The summed E-state index contributed by atoms with van der Waals surface area (Å²) in [5.74, 6) is 0.954. The number of anilines is 1. The molecule has 0 aliphatic rings. The van der Waals surface area contributed by atoms with Crippen molar-refractivity contribution in [2.45, 2.75) is 40.2 Å². The lowest BCUT2D eigenvalue weighted by molar-refractivity contribution is 0.604. The SMILES string of the molecule is Cc1csc(CCNc2nc(C)cn2C(C)C)n1. The van der Waals surface area contributed by atoms with Crippen LogP contribution in [0.1, 0.15) is 36.3 Å². The van der Waals surface area contributed by atoms with Crippen molar-refractivity contribution in [2.24, 2.45) is 0 Å². The van der Waals surface area contributed by atoms with Gasteiger partial charge in [0.1, 0.15) is 0 Å². The third-order valence-corrected chi connectivity index (χ3v) is 3.72. The van der Waals surface area contributed by atoms with Gasteiger partial charge < -0.3 is 9.88 Å². The fourth-order valence-electron chi connectivity index (χ4n) is 1.84. The van der Waals surface area contributed by atoms with Crippen LogP contribution in [0, 0.1) is 13.8 Å². The van der Waals surface area contributed by atoms with Crippen LogP contribution in [-0.2, 0) is 6.42 Å². The molecule has 0 saturated heterocycles. The number of aryl methyl sites for hydroxylation is 2. The highest BCUT2D eigenvalue weighted by molar-refractivity contribution is 7.09. The van der Waals surface area contributed by atoms with E-state index in [2.05, 4.69) is 45.3 Å². The summed E-state index contributed by atoms with van der Waals surface area (Å²) in [6, 6.07) is 0.427. The zero-order chi connectivity index (χ0) is 13.1. The van der Waals surface area contributed by atoms with Crippen LogP contribution in [0.4, 0.5) is 5.95 Å². The van der Waals surface area contributed by atoms with Crippen LogP contribution in [0.5, 0.6) is 0 Å². The molecule has 0 radical (unpaired) electrons. The molecule has 5 heteroatoms. The Labute approximate surface area is 112 Å². The molecule has 0 aromatic carbocycles. The second-order valence-corrected chi connectivity index (χ2v) is 5.71. The molecule has 0 amide bonds. The van der Waals surface area contributed by atoms with Gasteiger partial charge in [-0.1, -0.05) is 0 Å². The number of imidazole rings is 1. The average molecular weight is 264 g/mol. The molecule has 98 valence electrons. The van der Waals surface area contributed by atoms with Crippen molar-refractivity contribution in [1.82, 2.24) is 14.5 Å². The van der Waals surface area contributed by atoms with Crippen LogP contribution < -0.4 is 5.32 Å². The Bertz CT molecular complexity index is 513. The lowest BCUT2D eigenvalue weighted by Gasteiger charge is -2.12. The summed E-state index contributed by atoms with van der Waals surface area (Å²) < 4.78 is 2.17. The Balaban J connectivity index is 1.94. The highest BCUT2D eigenvalue weighted by atomic mass is 32.1. The van der Waals surface area contributed by atoms with Crippen LogP contribution in [0.25, 0.3) is 0 Å². The van der Waals surface area contributed by atoms with Crippen molar-refractivity contribution in [2.75, 3.05) is 11.9 Å². The predicted molar refractivity (Wildman–Crippen MR) is 76.4 cm³/mol. The fourth-order valence-corrected chi connectivity index (χ4v) is 2.62. The van der Waals surface area contributed by atoms with E-state index in [1.54, 1.807) is 11.3 Å². The van der Waals surface area contributed by atoms with Crippen LogP contribution in [-0.4, -0.2) is 21.1 Å². The molecular formula is C13H20N4S. The summed E-state index contributed by atoms with van der Waals surface area (Å²) in [4.78, 5) is 8.96. The van der Waals surface area contributed by atoms with Crippen molar-refractivity contribution < 1.29 is 0 Å². The molecule has 0 bridgehead atoms. The minimum absolute atomic E-state index is 0.427. The van der Waals surface area contributed by atoms with E-state index in [9.17, 15) is 0 Å². The van der Waals surface area contributed by atoms with Crippen molar-refractivity contribution >= 4 is 17.3 Å². The van der Waals surface area contributed by atoms with E-state index in [4.69, 9.17) is 0 Å². The van der Waals surface area contributed by atoms with Gasteiger partial charge in [0.05, 0.1) is 10.7 Å². The molecule has 2 rings (SSSR count). The summed E-state index contributed by atoms with van der Waals surface area (Å²) in [6.07, 6.45) is 3.03. The first-order valence-corrected chi connectivity index (χ1v) is 7.14. The van der Waals surface area contributed by atoms with E-state index in [-0.39, 0.29) is 0 Å². The van der Waals surface area contributed by atoms with Gasteiger partial charge >= 0.3 is 0 Å². The monoisotopic (exact) mass is 264 g/mol. The van der Waals surface area contributed by atoms with E-state index < -0.39 is 0 Å². The first-order chi connectivity index (χ1) is 8.56. The second kappa shape index (κ2) is 5.52. The van der Waals surface area contributed by atoms with Crippen LogP contribution in [0.15, 0.2) is 11.6 Å². The van der Waals surface area contributed by atoms with Crippen molar-refractivity contribution in [1.29, 1.82) is 0 Å². The lowest BCUT2D eigenvalue weighted by Crippen LogP contribution is -2.11. The van der Waals surface area contributed by atoms with Gasteiger partial charge in [0.25, 0.3) is 0 Å². The van der Waals surface area contributed by atoms with Gasteiger partial charge in [-0.05, 0) is 27.7 Å². The number of thiazole rings is 1. The Morgan fingerprint density at radius 2 is 2.06 bits per heavy atom. The highest BCUT2D eigenvalue weighted by Gasteiger charge is 2.08. The highest BCUT2D eigenvalue weighted by Crippen LogP contribution is 2.15. The minimum atomic E-state index is 0.427. The number of nitrogens with zero attached hydrogens (tertiary/aromatic N) is 3. The summed E-state index contributed by atoms with van der Waals surface area (Å²) >= 11 is 1.72. The van der Waals surface area contributed by atoms with Gasteiger partial charge in [-0.2, -0.15) is 0 Å². The molecule has 0 saturated carbocycles. The van der Waals surface area contributed by atoms with E-state index >= 15 is 0 Å². The third kappa shape index (κ3) is 3.10. The van der Waals surface area contributed by atoms with Gasteiger partial charge in [-0.25, -0.2) is 9.97 Å². The Hall–Kier alpha value is -1.36. The smallest absolute Gasteiger partial charge is 0.203 e. The van der Waals surface area contributed by atoms with Gasteiger partial charge in [0.2, 0.25) is 5.95 Å². The summed E-state index contributed by atoms with van der Waals surface area (Å²) in [6.45, 7) is 9.25. The van der Waals surface area contributed by atoms with Crippen molar-refractivity contribution in [3.05, 3.63) is 28.0 Å². The normalized spacial score (nSPS) is 11.2. The molecule has 0 atom stereocenters. The standard InChI is InChI=1S/C13H20N4S/c1-9(2)17-7-10(3)16-13(17)14-6-5-12-15-11(4)8-18-12/h7-9H,5-6H2,1-4H3,(H,14,16). The van der Waals surface area contributed by atoms with Crippen LogP contribution in [0.3, 0.4) is 0 Å². The summed E-state index contributed by atoms with van der Waals surface area (Å²) in [5.41, 5.74) is 2.16. The van der Waals surface area contributed by atoms with Crippen LogP contribution >= 0.6 is 11.3 Å². The number of aromatic nitrogens is 3. The molecule has 0 spiro atoms. The molecule has 0 fully saturated rings. The lowest BCUT2D eigenvalue weighted by atomic mass is 10.4. The summed E-state index contributed by atoms with van der Waals surface area (Å²) in [5, 5.41) is 6.66. The molecule has 4 nitrogen and oxygen atoms in total. The molecule has 2 aromatic heterocycles. The van der Waals surface area contributed by atoms with E-state index in [0.717, 1.165) is 30.3 Å². The first kappa shape index (κ1) is 13.1. The molecule has 1 N–H and O–H groups in total. The number of hydrogen-bond donors (Lipinski definition) is 1. The fraction of sp³-hybridized carbons (Fsp3) is 0.538. The van der Waals surface area contributed by atoms with E-state index in [1.165, 1.54) is 5.01 Å². The van der Waals surface area contributed by atoms with Crippen molar-refractivity contribution in [3.63, 3.8) is 0 Å². The predicted octanol–water partition coefficient (Wildman–Crippen LogP) is 3.19. The van der Waals surface area contributed by atoms with Gasteiger partial charge in [-0.3, -0.25) is 0 Å². The zero-order valence-electron chi connectivity index (χ0n) is 11.4. The first-order valence-electron chi connectivity index (χ1n) is 6.26. The minimum Gasteiger partial charge on any atom is -0.355 e. The second-order valence-electron chi connectivity index (χ2n) is 4.77. The Morgan fingerprint density at radius 3 is 2.67 bits per heavy atom. The number of hydrogen-bond acceptors (Lipinski definition) is 4. The maximum Gasteiger partial charge on any atom is 0.203 e. The molecule has 0 aliphatic heterocycles. The van der Waals surface area contributed by atoms with Gasteiger partial charge in [0, 0.05) is 36.3 Å². The molecule has 0 aliphatic carbocycles. The molecule has 18 heavy (non-hydrogen) atoms. The molecule has 2 aromatic rings. The number of nitrogens with one attached hydrogen (secondary N) is 1. The maximum absolute atomic E-state index is 4.50. The van der Waals surface area contributed by atoms with E-state index in [0.29, 0.717) is 6.04 Å². The number of rotatable bonds is 5. The van der Waals surface area contributed by atoms with Crippen LogP contribution in [0.2, 0.25) is 0 Å². The van der Waals surface area contributed by atoms with E-state index in [1.807, 2.05) is 13.8 Å². The topological polar surface area (TPSA) is 42.7 Å². The quantitative estimate of drug-likeness (QED) is 0.902. The third-order valence-electron chi connectivity index (χ3n) is 2.70. The van der Waals surface area contributed by atoms with Crippen molar-refractivity contribution in [3.8, 4) is 0 Å². The molecular weight excluding hydrogens is 244 g/mol. The molecule has 0 unspecified atom stereocenters. The summed E-state index contributed by atoms with van der Waals surface area (Å²) in [7, 11) is 0. The Kier molecular flexibility index (Phi) is 4.01. The average Bonchev–Trinajstić information content (AvgIpc) is 2.85. The van der Waals surface area contributed by atoms with Gasteiger partial charge in [0.15, 0.2) is 0 Å². The maximum atomic E-state index is 4.50.